The van der Waals surface area contributed by atoms with Gasteiger partial charge in [-0.05, 0) is 67.6 Å². The summed E-state index contributed by atoms with van der Waals surface area (Å²) in [5.74, 6) is 0.371. The number of fused-ring (bicyclic) bond motifs is 2. The quantitative estimate of drug-likeness (QED) is 0.268. The van der Waals surface area contributed by atoms with Gasteiger partial charge in [-0.25, -0.2) is 0 Å². The van der Waals surface area contributed by atoms with Crippen LogP contribution in [0.2, 0.25) is 0 Å². The molecule has 0 fully saturated rings. The summed E-state index contributed by atoms with van der Waals surface area (Å²) in [6, 6.07) is 10.6. The molecule has 0 saturated heterocycles. The third-order valence-corrected chi connectivity index (χ3v) is 7.71. The number of carbonyl (C=O) groups excluding carboxylic acids is 1. The maximum Gasteiger partial charge on any atom is 0.297 e. The molecule has 3 heterocycles. The van der Waals surface area contributed by atoms with Crippen LogP contribution < -0.4 is 15.1 Å². The normalized spacial score (nSPS) is 15.1. The van der Waals surface area contributed by atoms with Crippen LogP contribution >= 0.6 is 11.3 Å². The van der Waals surface area contributed by atoms with E-state index in [-0.39, 0.29) is 17.1 Å². The van der Waals surface area contributed by atoms with Crippen LogP contribution in [0.4, 0.5) is 5.13 Å². The summed E-state index contributed by atoms with van der Waals surface area (Å²) in [5, 5.41) is 10.2. The van der Waals surface area contributed by atoms with E-state index in [0.717, 1.165) is 41.0 Å². The summed E-state index contributed by atoms with van der Waals surface area (Å²) in [5.41, 5.74) is 3.28. The smallest absolute Gasteiger partial charge is 0.297 e. The summed E-state index contributed by atoms with van der Waals surface area (Å²) < 4.78 is 12.1. The molecule has 2 aromatic heterocycles. The van der Waals surface area contributed by atoms with E-state index in [4.69, 9.17) is 9.15 Å². The summed E-state index contributed by atoms with van der Waals surface area (Å²) in [6.07, 6.45) is 3.89. The molecule has 1 aliphatic rings. The number of rotatable bonds is 8. The van der Waals surface area contributed by atoms with Gasteiger partial charge in [0, 0.05) is 0 Å². The molecule has 186 valence electrons. The molecule has 1 unspecified atom stereocenters. The minimum absolute atomic E-state index is 0.0586. The average molecular weight is 504 g/mol. The SMILES string of the molecule is CCCCCOc1cccc(C2c3c(oc4cc(C)c(C)cc4c3=O)C(=O)N2c2nnc(CC)s2)c1. The molecule has 0 N–H and O–H groups in total. The zero-order chi connectivity index (χ0) is 25.4. The molecule has 36 heavy (non-hydrogen) atoms. The second-order valence-corrected chi connectivity index (χ2v) is 10.2. The van der Waals surface area contributed by atoms with Gasteiger partial charge in [-0.15, -0.1) is 10.2 Å². The van der Waals surface area contributed by atoms with E-state index in [2.05, 4.69) is 17.1 Å². The highest BCUT2D eigenvalue weighted by molar-refractivity contribution is 7.15. The van der Waals surface area contributed by atoms with Crippen LogP contribution in [-0.2, 0) is 6.42 Å². The molecule has 0 saturated carbocycles. The topological polar surface area (TPSA) is 85.5 Å². The van der Waals surface area contributed by atoms with Gasteiger partial charge < -0.3 is 9.15 Å². The maximum atomic E-state index is 13.9. The maximum absolute atomic E-state index is 13.9. The van der Waals surface area contributed by atoms with Crippen molar-refractivity contribution in [1.82, 2.24) is 10.2 Å². The van der Waals surface area contributed by atoms with Crippen molar-refractivity contribution in [2.24, 2.45) is 0 Å². The van der Waals surface area contributed by atoms with Crippen molar-refractivity contribution in [3.8, 4) is 5.75 Å². The van der Waals surface area contributed by atoms with Crippen molar-refractivity contribution in [3.05, 3.63) is 79.6 Å². The molecule has 0 bridgehead atoms. The number of aryl methyl sites for hydroxylation is 3. The standard InChI is InChI=1S/C28H29N3O4S/c1-5-7-8-12-34-19-11-9-10-18(15-19)24-23-25(32)20-13-16(3)17(4)14-21(20)35-26(23)27(33)31(24)28-30-29-22(6-2)36-28/h9-11,13-15,24H,5-8,12H2,1-4H3. The van der Waals surface area contributed by atoms with Crippen LogP contribution in [-0.4, -0.2) is 22.7 Å². The number of unbranched alkanes of at least 4 members (excludes halogenated alkanes) is 2. The lowest BCUT2D eigenvalue weighted by Crippen LogP contribution is -2.29. The molecule has 0 radical (unpaired) electrons. The van der Waals surface area contributed by atoms with Crippen molar-refractivity contribution < 1.29 is 13.9 Å². The number of anilines is 1. The van der Waals surface area contributed by atoms with Gasteiger partial charge in [0.15, 0.2) is 5.43 Å². The van der Waals surface area contributed by atoms with Crippen molar-refractivity contribution in [3.63, 3.8) is 0 Å². The highest BCUT2D eigenvalue weighted by atomic mass is 32.1. The summed E-state index contributed by atoms with van der Waals surface area (Å²) in [7, 11) is 0. The molecule has 4 aromatic rings. The third kappa shape index (κ3) is 4.19. The second kappa shape index (κ2) is 9.85. The predicted octanol–water partition coefficient (Wildman–Crippen LogP) is 6.14. The Bertz CT molecular complexity index is 1510. The molecule has 1 amide bonds. The Labute approximate surface area is 213 Å². The average Bonchev–Trinajstić information content (AvgIpc) is 3.46. The number of carbonyl (C=O) groups is 1. The van der Waals surface area contributed by atoms with Crippen molar-refractivity contribution in [2.75, 3.05) is 11.5 Å². The number of hydrogen-bond donors (Lipinski definition) is 0. The zero-order valence-electron chi connectivity index (χ0n) is 21.0. The fourth-order valence-corrected chi connectivity index (χ4v) is 5.35. The fraction of sp³-hybridized carbons (Fsp3) is 0.357. The zero-order valence-corrected chi connectivity index (χ0v) is 21.8. The molecule has 8 heteroatoms. The van der Waals surface area contributed by atoms with E-state index in [1.54, 1.807) is 4.90 Å². The van der Waals surface area contributed by atoms with E-state index in [9.17, 15) is 9.59 Å². The first kappa shape index (κ1) is 24.2. The minimum Gasteiger partial charge on any atom is -0.494 e. The lowest BCUT2D eigenvalue weighted by Gasteiger charge is -2.22. The largest absolute Gasteiger partial charge is 0.494 e. The summed E-state index contributed by atoms with van der Waals surface area (Å²) >= 11 is 1.35. The molecule has 5 rings (SSSR count). The first-order valence-corrected chi connectivity index (χ1v) is 13.2. The van der Waals surface area contributed by atoms with Gasteiger partial charge in [-0.3, -0.25) is 14.5 Å². The minimum atomic E-state index is -0.688. The Morgan fingerprint density at radius 2 is 1.86 bits per heavy atom. The van der Waals surface area contributed by atoms with Crippen molar-refractivity contribution >= 4 is 33.3 Å². The number of amides is 1. The van der Waals surface area contributed by atoms with Crippen molar-refractivity contribution in [1.29, 1.82) is 0 Å². The predicted molar refractivity (Wildman–Crippen MR) is 141 cm³/mol. The number of benzene rings is 2. The van der Waals surface area contributed by atoms with Crippen LogP contribution in [0.25, 0.3) is 11.0 Å². The van der Waals surface area contributed by atoms with Gasteiger partial charge in [0.05, 0.1) is 23.6 Å². The Morgan fingerprint density at radius 3 is 2.61 bits per heavy atom. The number of aromatic nitrogens is 2. The monoisotopic (exact) mass is 503 g/mol. The summed E-state index contributed by atoms with van der Waals surface area (Å²) in [6.45, 7) is 8.67. The highest BCUT2D eigenvalue weighted by Gasteiger charge is 2.45. The summed E-state index contributed by atoms with van der Waals surface area (Å²) in [4.78, 5) is 29.2. The molecule has 1 atom stereocenters. The first-order chi connectivity index (χ1) is 17.4. The lowest BCUT2D eigenvalue weighted by atomic mass is 9.97. The Kier molecular flexibility index (Phi) is 6.62. The first-order valence-electron chi connectivity index (χ1n) is 12.4. The Morgan fingerprint density at radius 1 is 1.06 bits per heavy atom. The molecular weight excluding hydrogens is 474 g/mol. The van der Waals surface area contributed by atoms with Gasteiger partial charge >= 0.3 is 0 Å². The van der Waals surface area contributed by atoms with Gasteiger partial charge in [0.2, 0.25) is 10.9 Å². The van der Waals surface area contributed by atoms with Crippen LogP contribution in [0, 0.1) is 13.8 Å². The highest BCUT2D eigenvalue weighted by Crippen LogP contribution is 2.43. The lowest BCUT2D eigenvalue weighted by molar-refractivity contribution is 0.0970. The van der Waals surface area contributed by atoms with Gasteiger partial charge in [-0.2, -0.15) is 0 Å². The Hall–Kier alpha value is -3.52. The van der Waals surface area contributed by atoms with Crippen molar-refractivity contribution in [2.45, 2.75) is 59.4 Å². The van der Waals surface area contributed by atoms with E-state index in [0.29, 0.717) is 40.4 Å². The van der Waals surface area contributed by atoms with E-state index >= 15 is 0 Å². The fourth-order valence-electron chi connectivity index (χ4n) is 4.54. The van der Waals surface area contributed by atoms with Gasteiger partial charge in [-0.1, -0.05) is 50.2 Å². The van der Waals surface area contributed by atoms with Crippen LogP contribution in [0.1, 0.15) is 77.0 Å². The number of hydrogen-bond acceptors (Lipinski definition) is 7. The van der Waals surface area contributed by atoms with Crippen LogP contribution in [0.15, 0.2) is 45.6 Å². The van der Waals surface area contributed by atoms with Gasteiger partial charge in [0.1, 0.15) is 16.3 Å². The molecule has 7 nitrogen and oxygen atoms in total. The molecule has 0 aliphatic carbocycles. The molecular formula is C28H29N3O4S. The molecule has 1 aliphatic heterocycles. The van der Waals surface area contributed by atoms with Crippen LogP contribution in [0.5, 0.6) is 5.75 Å². The van der Waals surface area contributed by atoms with E-state index < -0.39 is 6.04 Å². The third-order valence-electron chi connectivity index (χ3n) is 6.64. The number of nitrogens with zero attached hydrogens (tertiary/aromatic N) is 3. The molecule has 2 aromatic carbocycles. The Balaban J connectivity index is 1.67. The second-order valence-electron chi connectivity index (χ2n) is 9.14. The van der Waals surface area contributed by atoms with E-state index in [1.807, 2.05) is 57.2 Å². The van der Waals surface area contributed by atoms with Crippen LogP contribution in [0.3, 0.4) is 0 Å². The van der Waals surface area contributed by atoms with E-state index in [1.165, 1.54) is 11.3 Å². The molecule has 0 spiro atoms. The number of ether oxygens (including phenoxy) is 1. The van der Waals surface area contributed by atoms with Gasteiger partial charge in [0.25, 0.3) is 5.91 Å².